The quantitative estimate of drug-likeness (QED) is 0.0884. The van der Waals surface area contributed by atoms with E-state index in [0.29, 0.717) is 42.8 Å². The number of carboxylic acids is 1. The SMILES string of the molecule is CCOC(=O)[C@H](C)NP(=O)(CCNC/C(C)=C/Cc1c(O)c(C(=O)O)c(C)c(C)c1CC)Oc1c(C)cccc1C. The monoisotopic (exact) mass is 588 g/mol. The molecule has 0 heterocycles. The summed E-state index contributed by atoms with van der Waals surface area (Å²) < 4.78 is 25.1. The number of hydrogen-bond acceptors (Lipinski definition) is 7. The summed E-state index contributed by atoms with van der Waals surface area (Å²) in [6.07, 6.45) is 3.14. The molecule has 0 saturated carbocycles. The van der Waals surface area contributed by atoms with Crippen molar-refractivity contribution in [1.82, 2.24) is 10.4 Å². The smallest absolute Gasteiger partial charge is 0.339 e. The predicted octanol–water partition coefficient (Wildman–Crippen LogP) is 5.78. The zero-order chi connectivity index (χ0) is 30.9. The van der Waals surface area contributed by atoms with Gasteiger partial charge in [0.1, 0.15) is 23.1 Å². The maximum atomic E-state index is 13.9. The molecule has 0 aromatic heterocycles. The van der Waals surface area contributed by atoms with E-state index in [4.69, 9.17) is 9.26 Å². The van der Waals surface area contributed by atoms with Crippen LogP contribution in [0.15, 0.2) is 29.8 Å². The van der Waals surface area contributed by atoms with E-state index in [0.717, 1.165) is 27.8 Å². The molecule has 10 heteroatoms. The Kier molecular flexibility index (Phi) is 12.6. The molecular weight excluding hydrogens is 543 g/mol. The van der Waals surface area contributed by atoms with Crippen LogP contribution in [0.3, 0.4) is 0 Å². The molecule has 0 radical (unpaired) electrons. The molecule has 41 heavy (non-hydrogen) atoms. The topological polar surface area (TPSA) is 134 Å². The average Bonchev–Trinajstić information content (AvgIpc) is 2.90. The Morgan fingerprint density at radius 3 is 2.27 bits per heavy atom. The van der Waals surface area contributed by atoms with Gasteiger partial charge in [-0.25, -0.2) is 9.88 Å². The third kappa shape index (κ3) is 8.93. The molecule has 2 rings (SSSR count). The van der Waals surface area contributed by atoms with Gasteiger partial charge in [0.2, 0.25) is 0 Å². The molecule has 0 fully saturated rings. The lowest BCUT2D eigenvalue weighted by atomic mass is 9.88. The van der Waals surface area contributed by atoms with Crippen molar-refractivity contribution < 1.29 is 33.6 Å². The number of rotatable bonds is 15. The minimum Gasteiger partial charge on any atom is -0.507 e. The maximum Gasteiger partial charge on any atom is 0.339 e. The number of allylic oxidation sites excluding steroid dienone is 1. The number of nitrogens with one attached hydrogen (secondary N) is 2. The van der Waals surface area contributed by atoms with Crippen LogP contribution in [-0.2, 0) is 26.9 Å². The number of aromatic hydroxyl groups is 1. The van der Waals surface area contributed by atoms with Gasteiger partial charge in [-0.3, -0.25) is 9.36 Å². The Labute approximate surface area is 243 Å². The molecule has 1 unspecified atom stereocenters. The standard InChI is InChI=1S/C31H45N2O7P/c1-9-25-22(6)23(7)27(30(35)36)28(34)26(25)15-14-19(3)18-32-16-17-41(38,33-24(8)31(37)39-10-2)40-29-20(4)12-11-13-21(29)5/h11-14,24,32,34H,9-10,15-18H2,1-8H3,(H,33,38)(H,35,36)/b19-14+/t24-,41?/m0/s1. The van der Waals surface area contributed by atoms with E-state index in [-0.39, 0.29) is 24.1 Å². The molecule has 2 aromatic rings. The minimum absolute atomic E-state index is 0.0527. The van der Waals surface area contributed by atoms with E-state index in [1.165, 1.54) is 0 Å². The first-order valence-electron chi connectivity index (χ1n) is 14.0. The van der Waals surface area contributed by atoms with Gasteiger partial charge < -0.3 is 24.8 Å². The summed E-state index contributed by atoms with van der Waals surface area (Å²) in [5.41, 5.74) is 5.64. The first-order valence-corrected chi connectivity index (χ1v) is 15.8. The summed E-state index contributed by atoms with van der Waals surface area (Å²) in [6, 6.07) is 4.84. The fraction of sp³-hybridized carbons (Fsp3) is 0.484. The fourth-order valence-corrected chi connectivity index (χ4v) is 6.78. The van der Waals surface area contributed by atoms with Crippen molar-refractivity contribution in [3.8, 4) is 11.5 Å². The normalized spacial score (nSPS) is 13.9. The zero-order valence-corrected chi connectivity index (χ0v) is 26.4. The summed E-state index contributed by atoms with van der Waals surface area (Å²) in [7, 11) is -3.52. The number of ether oxygens (including phenoxy) is 1. The Morgan fingerprint density at radius 2 is 1.71 bits per heavy atom. The molecule has 226 valence electrons. The second-order valence-corrected chi connectivity index (χ2v) is 12.6. The summed E-state index contributed by atoms with van der Waals surface area (Å²) >= 11 is 0. The van der Waals surface area contributed by atoms with Crippen molar-refractivity contribution in [2.24, 2.45) is 0 Å². The lowest BCUT2D eigenvalue weighted by molar-refractivity contribution is -0.144. The third-order valence-electron chi connectivity index (χ3n) is 7.16. The van der Waals surface area contributed by atoms with Crippen molar-refractivity contribution in [2.75, 3.05) is 25.9 Å². The third-order valence-corrected chi connectivity index (χ3v) is 9.23. The molecular formula is C31H45N2O7P. The van der Waals surface area contributed by atoms with E-state index < -0.39 is 25.5 Å². The Hall–Kier alpha value is -3.13. The van der Waals surface area contributed by atoms with Crippen LogP contribution in [-0.4, -0.2) is 54.1 Å². The van der Waals surface area contributed by atoms with Crippen molar-refractivity contribution in [1.29, 1.82) is 0 Å². The minimum atomic E-state index is -3.52. The van der Waals surface area contributed by atoms with Crippen LogP contribution in [0.25, 0.3) is 0 Å². The lowest BCUT2D eigenvalue weighted by Crippen LogP contribution is -2.36. The molecule has 0 aliphatic rings. The van der Waals surface area contributed by atoms with Crippen molar-refractivity contribution >= 4 is 19.5 Å². The second kappa shape index (κ2) is 15.2. The van der Waals surface area contributed by atoms with Gasteiger partial charge in [0.05, 0.1) is 12.8 Å². The Balaban J connectivity index is 2.15. The van der Waals surface area contributed by atoms with E-state index >= 15 is 0 Å². The van der Waals surface area contributed by atoms with Gasteiger partial charge in [0, 0.05) is 18.7 Å². The summed E-state index contributed by atoms with van der Waals surface area (Å²) in [6.45, 7) is 15.6. The Morgan fingerprint density at radius 1 is 1.07 bits per heavy atom. The first kappa shape index (κ1) is 34.1. The Bertz CT molecular complexity index is 1320. The largest absolute Gasteiger partial charge is 0.507 e. The number of carbonyl (C=O) groups is 2. The maximum absolute atomic E-state index is 13.9. The molecule has 0 amide bonds. The number of para-hydroxylation sites is 1. The van der Waals surface area contributed by atoms with Crippen LogP contribution in [0.2, 0.25) is 0 Å². The van der Waals surface area contributed by atoms with Crippen LogP contribution in [0.5, 0.6) is 11.5 Å². The van der Waals surface area contributed by atoms with Gasteiger partial charge in [-0.05, 0) is 89.1 Å². The second-order valence-electron chi connectivity index (χ2n) is 10.3. The zero-order valence-electron chi connectivity index (χ0n) is 25.5. The van der Waals surface area contributed by atoms with Gasteiger partial charge in [0.25, 0.3) is 0 Å². The van der Waals surface area contributed by atoms with Crippen LogP contribution in [0.4, 0.5) is 0 Å². The number of aryl methyl sites for hydroxylation is 2. The highest BCUT2D eigenvalue weighted by molar-refractivity contribution is 7.57. The fourth-order valence-electron chi connectivity index (χ4n) is 4.77. The molecule has 2 atom stereocenters. The lowest BCUT2D eigenvalue weighted by Gasteiger charge is -2.25. The van der Waals surface area contributed by atoms with Gasteiger partial charge in [0.15, 0.2) is 0 Å². The summed E-state index contributed by atoms with van der Waals surface area (Å²) in [4.78, 5) is 24.0. The number of carbonyl (C=O) groups excluding carboxylic acids is 1. The van der Waals surface area contributed by atoms with Gasteiger partial charge in [-0.2, -0.15) is 0 Å². The van der Waals surface area contributed by atoms with Crippen molar-refractivity contribution in [3.05, 3.63) is 68.8 Å². The van der Waals surface area contributed by atoms with Crippen LogP contribution in [0.1, 0.15) is 71.4 Å². The van der Waals surface area contributed by atoms with Crippen LogP contribution >= 0.6 is 7.52 Å². The number of benzene rings is 2. The number of esters is 1. The van der Waals surface area contributed by atoms with Crippen LogP contribution < -0.4 is 14.9 Å². The van der Waals surface area contributed by atoms with E-state index in [1.54, 1.807) is 20.8 Å². The van der Waals surface area contributed by atoms with Gasteiger partial charge in [-0.1, -0.05) is 36.8 Å². The van der Waals surface area contributed by atoms with E-state index in [2.05, 4.69) is 10.4 Å². The number of aromatic carboxylic acids is 1. The van der Waals surface area contributed by atoms with E-state index in [1.807, 2.05) is 58.9 Å². The predicted molar refractivity (Wildman–Crippen MR) is 162 cm³/mol. The highest BCUT2D eigenvalue weighted by Gasteiger charge is 2.31. The molecule has 2 aromatic carbocycles. The number of hydrogen-bond donors (Lipinski definition) is 4. The molecule has 0 aliphatic heterocycles. The van der Waals surface area contributed by atoms with Gasteiger partial charge >= 0.3 is 19.5 Å². The molecule has 0 bridgehead atoms. The van der Waals surface area contributed by atoms with Crippen molar-refractivity contribution in [2.45, 2.75) is 74.3 Å². The molecule has 0 spiro atoms. The highest BCUT2D eigenvalue weighted by atomic mass is 31.2. The van der Waals surface area contributed by atoms with Crippen LogP contribution in [0, 0.1) is 27.7 Å². The molecule has 4 N–H and O–H groups in total. The summed E-state index contributed by atoms with van der Waals surface area (Å²) in [5.74, 6) is -1.30. The average molecular weight is 589 g/mol. The highest BCUT2D eigenvalue weighted by Crippen LogP contribution is 2.45. The molecule has 0 aliphatic carbocycles. The number of carboxylic acid groups (broad SMARTS) is 1. The molecule has 0 saturated heterocycles. The van der Waals surface area contributed by atoms with Gasteiger partial charge in [-0.15, -0.1) is 0 Å². The van der Waals surface area contributed by atoms with Crippen molar-refractivity contribution in [3.63, 3.8) is 0 Å². The molecule has 9 nitrogen and oxygen atoms in total. The first-order chi connectivity index (χ1) is 19.3. The summed E-state index contributed by atoms with van der Waals surface area (Å²) in [5, 5.41) is 26.6. The number of phenols is 1. The van der Waals surface area contributed by atoms with E-state index in [9.17, 15) is 24.4 Å².